The van der Waals surface area contributed by atoms with Gasteiger partial charge in [-0.2, -0.15) is 0 Å². The van der Waals surface area contributed by atoms with Crippen LogP contribution >= 0.6 is 27.5 Å². The summed E-state index contributed by atoms with van der Waals surface area (Å²) in [5.74, 6) is -0.0583. The van der Waals surface area contributed by atoms with Crippen LogP contribution in [0.15, 0.2) is 52.3 Å². The van der Waals surface area contributed by atoms with Gasteiger partial charge < -0.3 is 5.73 Å². The van der Waals surface area contributed by atoms with Gasteiger partial charge in [0.15, 0.2) is 9.84 Å². The van der Waals surface area contributed by atoms with E-state index < -0.39 is 9.84 Å². The number of benzene rings is 2. The Kier molecular flexibility index (Phi) is 5.08. The Labute approximate surface area is 137 Å². The number of halogens is 2. The van der Waals surface area contributed by atoms with Crippen molar-refractivity contribution in [2.45, 2.75) is 5.75 Å². The predicted octanol–water partition coefficient (Wildman–Crippen LogP) is 4.27. The van der Waals surface area contributed by atoms with Crippen LogP contribution in [-0.4, -0.2) is 8.42 Å². The van der Waals surface area contributed by atoms with Gasteiger partial charge in [0.25, 0.3) is 0 Å². The standard InChI is InChI=1S/C15H13BrClNO2S/c16-13-3-1-11(2-4-13)10-21(19,20)8-7-12-9-14(17)5-6-15(12)18/h1-9H,10,18H2. The van der Waals surface area contributed by atoms with Crippen molar-refractivity contribution in [3.63, 3.8) is 0 Å². The van der Waals surface area contributed by atoms with Crippen molar-refractivity contribution < 1.29 is 8.42 Å². The molecule has 0 bridgehead atoms. The third-order valence-electron chi connectivity index (χ3n) is 2.78. The first kappa shape index (κ1) is 16.1. The van der Waals surface area contributed by atoms with Gasteiger partial charge in [-0.25, -0.2) is 8.42 Å². The SMILES string of the molecule is Nc1ccc(Cl)cc1C=CS(=O)(=O)Cc1ccc(Br)cc1. The van der Waals surface area contributed by atoms with Crippen LogP contribution < -0.4 is 5.73 Å². The first-order valence-electron chi connectivity index (χ1n) is 6.06. The summed E-state index contributed by atoms with van der Waals surface area (Å²) in [4.78, 5) is 0. The predicted molar refractivity (Wildman–Crippen MR) is 91.7 cm³/mol. The molecule has 0 aliphatic rings. The highest BCUT2D eigenvalue weighted by Gasteiger charge is 2.08. The van der Waals surface area contributed by atoms with Gasteiger partial charge in [-0.05, 0) is 47.5 Å². The second-order valence-corrected chi connectivity index (χ2v) is 7.75. The molecule has 0 spiro atoms. The summed E-state index contributed by atoms with van der Waals surface area (Å²) in [6.45, 7) is 0. The van der Waals surface area contributed by atoms with Gasteiger partial charge >= 0.3 is 0 Å². The molecular formula is C15H13BrClNO2S. The molecule has 2 aromatic carbocycles. The van der Waals surface area contributed by atoms with E-state index in [1.54, 1.807) is 30.3 Å². The Morgan fingerprint density at radius 2 is 1.81 bits per heavy atom. The van der Waals surface area contributed by atoms with E-state index in [0.717, 1.165) is 15.4 Å². The number of rotatable bonds is 4. The van der Waals surface area contributed by atoms with Gasteiger partial charge in [0.2, 0.25) is 0 Å². The average Bonchev–Trinajstić information content (AvgIpc) is 2.42. The van der Waals surface area contributed by atoms with E-state index in [0.29, 0.717) is 16.3 Å². The van der Waals surface area contributed by atoms with Crippen molar-refractivity contribution >= 4 is 49.1 Å². The highest BCUT2D eigenvalue weighted by Crippen LogP contribution is 2.20. The lowest BCUT2D eigenvalue weighted by Crippen LogP contribution is -2.00. The van der Waals surface area contributed by atoms with Gasteiger partial charge in [-0.1, -0.05) is 39.7 Å². The van der Waals surface area contributed by atoms with Gasteiger partial charge in [-0.15, -0.1) is 0 Å². The minimum absolute atomic E-state index is 0.0583. The van der Waals surface area contributed by atoms with Crippen LogP contribution in [0.1, 0.15) is 11.1 Å². The molecule has 0 saturated carbocycles. The highest BCUT2D eigenvalue weighted by atomic mass is 79.9. The summed E-state index contributed by atoms with van der Waals surface area (Å²) in [5.41, 5.74) is 7.57. The summed E-state index contributed by atoms with van der Waals surface area (Å²) in [6.07, 6.45) is 1.47. The molecule has 0 atom stereocenters. The van der Waals surface area contributed by atoms with Crippen LogP contribution in [0.5, 0.6) is 0 Å². The molecule has 2 aromatic rings. The molecule has 0 fully saturated rings. The van der Waals surface area contributed by atoms with E-state index in [1.807, 2.05) is 12.1 Å². The molecule has 2 rings (SSSR count). The molecule has 0 aliphatic heterocycles. The van der Waals surface area contributed by atoms with E-state index in [4.69, 9.17) is 17.3 Å². The molecule has 21 heavy (non-hydrogen) atoms. The van der Waals surface area contributed by atoms with Crippen LogP contribution in [0.4, 0.5) is 5.69 Å². The normalized spacial score (nSPS) is 11.9. The smallest absolute Gasteiger partial charge is 0.175 e. The molecule has 0 unspecified atom stereocenters. The molecule has 2 N–H and O–H groups in total. The fourth-order valence-electron chi connectivity index (χ4n) is 1.73. The minimum atomic E-state index is -3.37. The lowest BCUT2D eigenvalue weighted by Gasteiger charge is -2.02. The summed E-state index contributed by atoms with van der Waals surface area (Å²) in [6, 6.07) is 12.1. The van der Waals surface area contributed by atoms with Crippen molar-refractivity contribution in [2.24, 2.45) is 0 Å². The van der Waals surface area contributed by atoms with E-state index in [1.165, 1.54) is 6.08 Å². The third kappa shape index (κ3) is 4.88. The Morgan fingerprint density at radius 1 is 1.14 bits per heavy atom. The maximum Gasteiger partial charge on any atom is 0.175 e. The number of nitrogen functional groups attached to an aromatic ring is 1. The molecule has 0 amide bonds. The fourth-order valence-corrected chi connectivity index (χ4v) is 3.28. The topological polar surface area (TPSA) is 60.2 Å². The van der Waals surface area contributed by atoms with Crippen LogP contribution in [-0.2, 0) is 15.6 Å². The summed E-state index contributed by atoms with van der Waals surface area (Å²) in [7, 11) is -3.37. The molecule has 0 saturated heterocycles. The highest BCUT2D eigenvalue weighted by molar-refractivity contribution is 9.10. The number of anilines is 1. The van der Waals surface area contributed by atoms with Crippen molar-refractivity contribution in [3.8, 4) is 0 Å². The van der Waals surface area contributed by atoms with Gasteiger partial charge in [0.1, 0.15) is 0 Å². The van der Waals surface area contributed by atoms with Crippen LogP contribution in [0.25, 0.3) is 6.08 Å². The largest absolute Gasteiger partial charge is 0.398 e. The molecule has 6 heteroatoms. The van der Waals surface area contributed by atoms with Crippen LogP contribution in [0, 0.1) is 0 Å². The second-order valence-electron chi connectivity index (χ2n) is 4.51. The van der Waals surface area contributed by atoms with E-state index in [2.05, 4.69) is 15.9 Å². The summed E-state index contributed by atoms with van der Waals surface area (Å²) in [5, 5.41) is 1.67. The summed E-state index contributed by atoms with van der Waals surface area (Å²) >= 11 is 9.18. The molecule has 0 heterocycles. The zero-order valence-electron chi connectivity index (χ0n) is 11.0. The number of hydrogen-bond donors (Lipinski definition) is 1. The van der Waals surface area contributed by atoms with Crippen molar-refractivity contribution in [2.75, 3.05) is 5.73 Å². The van der Waals surface area contributed by atoms with Crippen molar-refractivity contribution in [1.82, 2.24) is 0 Å². The molecular weight excluding hydrogens is 374 g/mol. The maximum atomic E-state index is 12.1. The van der Waals surface area contributed by atoms with E-state index in [9.17, 15) is 8.42 Å². The Hall–Kier alpha value is -1.30. The minimum Gasteiger partial charge on any atom is -0.398 e. The van der Waals surface area contributed by atoms with Crippen molar-refractivity contribution in [1.29, 1.82) is 0 Å². The first-order valence-corrected chi connectivity index (χ1v) is 8.95. The van der Waals surface area contributed by atoms with Gasteiger partial charge in [0, 0.05) is 20.6 Å². The maximum absolute atomic E-state index is 12.1. The van der Waals surface area contributed by atoms with Gasteiger partial charge in [0.05, 0.1) is 5.75 Å². The molecule has 110 valence electrons. The molecule has 0 aromatic heterocycles. The Morgan fingerprint density at radius 3 is 2.48 bits per heavy atom. The third-order valence-corrected chi connectivity index (χ3v) is 4.84. The second kappa shape index (κ2) is 6.64. The molecule has 0 radical (unpaired) electrons. The Bertz CT molecular complexity index is 771. The van der Waals surface area contributed by atoms with E-state index in [-0.39, 0.29) is 5.75 Å². The zero-order chi connectivity index (χ0) is 15.5. The zero-order valence-corrected chi connectivity index (χ0v) is 14.1. The fraction of sp³-hybridized carbons (Fsp3) is 0.0667. The van der Waals surface area contributed by atoms with Crippen molar-refractivity contribution in [3.05, 3.63) is 68.5 Å². The monoisotopic (exact) mass is 385 g/mol. The lowest BCUT2D eigenvalue weighted by atomic mass is 10.2. The number of nitrogens with two attached hydrogens (primary N) is 1. The first-order chi connectivity index (χ1) is 9.85. The average molecular weight is 387 g/mol. The van der Waals surface area contributed by atoms with Crippen LogP contribution in [0.3, 0.4) is 0 Å². The Balaban J connectivity index is 2.18. The van der Waals surface area contributed by atoms with Gasteiger partial charge in [-0.3, -0.25) is 0 Å². The van der Waals surface area contributed by atoms with Crippen LogP contribution in [0.2, 0.25) is 5.02 Å². The molecule has 0 aliphatic carbocycles. The quantitative estimate of drug-likeness (QED) is 0.798. The van der Waals surface area contributed by atoms with E-state index >= 15 is 0 Å². The number of sulfone groups is 1. The number of hydrogen-bond acceptors (Lipinski definition) is 3. The summed E-state index contributed by atoms with van der Waals surface area (Å²) < 4.78 is 25.1. The molecule has 3 nitrogen and oxygen atoms in total. The lowest BCUT2D eigenvalue weighted by molar-refractivity contribution is 0.604.